The number of sulfone groups is 1. The van der Waals surface area contributed by atoms with Crippen molar-refractivity contribution in [1.82, 2.24) is 0 Å². The molecule has 0 aromatic heterocycles. The number of hydrogen-bond acceptors (Lipinski definition) is 4. The summed E-state index contributed by atoms with van der Waals surface area (Å²) in [7, 11) is -2.34. The van der Waals surface area contributed by atoms with Gasteiger partial charge in [0, 0.05) is 7.11 Å². The van der Waals surface area contributed by atoms with Gasteiger partial charge >= 0.3 is 5.97 Å². The summed E-state index contributed by atoms with van der Waals surface area (Å²) < 4.78 is 28.5. The second-order valence-corrected chi connectivity index (χ2v) is 6.21. The average molecular weight is 313 g/mol. The molecule has 1 aromatic carbocycles. The Labute approximate surface area is 114 Å². The van der Waals surface area contributed by atoms with E-state index in [0.29, 0.717) is 0 Å². The van der Waals surface area contributed by atoms with Crippen molar-refractivity contribution in [1.29, 1.82) is 0 Å². The Morgan fingerprint density at radius 1 is 1.39 bits per heavy atom. The molecule has 0 atom stereocenters. The third-order valence-corrected chi connectivity index (χ3v) is 4.69. The number of halogens is 2. The van der Waals surface area contributed by atoms with Crippen LogP contribution in [0.5, 0.6) is 0 Å². The van der Waals surface area contributed by atoms with Crippen LogP contribution in [0.4, 0.5) is 0 Å². The van der Waals surface area contributed by atoms with Crippen molar-refractivity contribution in [3.8, 4) is 0 Å². The highest BCUT2D eigenvalue weighted by molar-refractivity contribution is 7.91. The fourth-order valence-corrected chi connectivity index (χ4v) is 3.41. The molecule has 0 fully saturated rings. The van der Waals surface area contributed by atoms with Crippen molar-refractivity contribution >= 4 is 39.0 Å². The smallest absolute Gasteiger partial charge is 0.338 e. The maximum Gasteiger partial charge on any atom is 0.338 e. The van der Waals surface area contributed by atoms with Crippen LogP contribution in [0.3, 0.4) is 0 Å². The van der Waals surface area contributed by atoms with Crippen LogP contribution in [-0.2, 0) is 14.6 Å². The predicted octanol–water partition coefficient (Wildman–Crippen LogP) is 2.11. The van der Waals surface area contributed by atoms with Gasteiger partial charge in [0.05, 0.1) is 32.9 Å². The fourth-order valence-electron chi connectivity index (χ4n) is 1.27. The standard InChI is InChI=1S/C10H10Cl2O5S/c1-17-4-5-18(15,16)7-3-2-6(11)8(9(7)12)10(13)14/h2-3H,4-5H2,1H3,(H,13,14). The number of ether oxygens (including phenoxy) is 1. The Kier molecular flexibility index (Phi) is 4.98. The zero-order chi connectivity index (χ0) is 13.9. The number of methoxy groups -OCH3 is 1. The van der Waals surface area contributed by atoms with E-state index in [4.69, 9.17) is 28.3 Å². The first-order valence-corrected chi connectivity index (χ1v) is 7.15. The Balaban J connectivity index is 3.36. The van der Waals surface area contributed by atoms with Gasteiger partial charge in [-0.25, -0.2) is 13.2 Å². The van der Waals surface area contributed by atoms with Crippen molar-refractivity contribution in [3.05, 3.63) is 27.7 Å². The van der Waals surface area contributed by atoms with E-state index >= 15 is 0 Å². The van der Waals surface area contributed by atoms with Gasteiger partial charge in [-0.1, -0.05) is 23.2 Å². The number of benzene rings is 1. The van der Waals surface area contributed by atoms with Crippen molar-refractivity contribution in [2.24, 2.45) is 0 Å². The quantitative estimate of drug-likeness (QED) is 0.900. The largest absolute Gasteiger partial charge is 0.478 e. The van der Waals surface area contributed by atoms with Gasteiger partial charge in [-0.15, -0.1) is 0 Å². The maximum absolute atomic E-state index is 11.9. The third-order valence-electron chi connectivity index (χ3n) is 2.16. The molecule has 1 aromatic rings. The molecule has 0 spiro atoms. The summed E-state index contributed by atoms with van der Waals surface area (Å²) in [6.07, 6.45) is 0. The molecule has 0 radical (unpaired) electrons. The maximum atomic E-state index is 11.9. The highest BCUT2D eigenvalue weighted by atomic mass is 35.5. The van der Waals surface area contributed by atoms with Gasteiger partial charge in [-0.2, -0.15) is 0 Å². The van der Waals surface area contributed by atoms with Gasteiger partial charge in [0.2, 0.25) is 0 Å². The fraction of sp³-hybridized carbons (Fsp3) is 0.300. The zero-order valence-corrected chi connectivity index (χ0v) is 11.6. The molecular weight excluding hydrogens is 303 g/mol. The van der Waals surface area contributed by atoms with Crippen LogP contribution in [0, 0.1) is 0 Å². The second kappa shape index (κ2) is 5.88. The van der Waals surface area contributed by atoms with Gasteiger partial charge in [0.1, 0.15) is 0 Å². The van der Waals surface area contributed by atoms with Crippen LogP contribution in [-0.4, -0.2) is 39.0 Å². The molecule has 0 bridgehead atoms. The minimum absolute atomic E-state index is 0.0102. The molecule has 1 N–H and O–H groups in total. The molecule has 0 aliphatic heterocycles. The average Bonchev–Trinajstić information content (AvgIpc) is 2.25. The SMILES string of the molecule is COCCS(=O)(=O)c1ccc(Cl)c(C(=O)O)c1Cl. The summed E-state index contributed by atoms with van der Waals surface area (Å²) in [5.74, 6) is -1.67. The normalized spacial score (nSPS) is 11.5. The number of carbonyl (C=O) groups is 1. The lowest BCUT2D eigenvalue weighted by molar-refractivity contribution is 0.0697. The summed E-state index contributed by atoms with van der Waals surface area (Å²) in [5.41, 5.74) is -0.420. The Hall–Kier alpha value is -0.820. The molecular formula is C10H10Cl2O5S. The van der Waals surface area contributed by atoms with Crippen LogP contribution < -0.4 is 0 Å². The molecule has 5 nitrogen and oxygen atoms in total. The summed E-state index contributed by atoms with van der Waals surface area (Å²) in [6.45, 7) is -0.0102. The van der Waals surface area contributed by atoms with Crippen molar-refractivity contribution < 1.29 is 23.1 Å². The first-order chi connectivity index (χ1) is 8.31. The number of carboxylic acids is 1. The number of rotatable bonds is 5. The van der Waals surface area contributed by atoms with E-state index in [2.05, 4.69) is 4.74 Å². The topological polar surface area (TPSA) is 80.7 Å². The minimum Gasteiger partial charge on any atom is -0.478 e. The van der Waals surface area contributed by atoms with Gasteiger partial charge in [-0.3, -0.25) is 0 Å². The van der Waals surface area contributed by atoms with Gasteiger partial charge in [-0.05, 0) is 12.1 Å². The van der Waals surface area contributed by atoms with Crippen molar-refractivity contribution in [2.45, 2.75) is 4.90 Å². The summed E-state index contributed by atoms with van der Waals surface area (Å²) in [4.78, 5) is 10.7. The van der Waals surface area contributed by atoms with E-state index in [1.54, 1.807) is 0 Å². The van der Waals surface area contributed by atoms with Crippen molar-refractivity contribution in [2.75, 3.05) is 19.5 Å². The second-order valence-electron chi connectivity index (χ2n) is 3.35. The lowest BCUT2D eigenvalue weighted by atomic mass is 10.2. The molecule has 100 valence electrons. The molecule has 0 amide bonds. The van der Waals surface area contributed by atoms with E-state index in [1.165, 1.54) is 19.2 Å². The minimum atomic E-state index is -3.70. The van der Waals surface area contributed by atoms with Crippen LogP contribution >= 0.6 is 23.2 Å². The number of carboxylic acid groups (broad SMARTS) is 1. The molecule has 0 aliphatic carbocycles. The summed E-state index contributed by atoms with van der Waals surface area (Å²) in [6, 6.07) is 2.37. The monoisotopic (exact) mass is 312 g/mol. The van der Waals surface area contributed by atoms with Crippen LogP contribution in [0.2, 0.25) is 10.0 Å². The van der Waals surface area contributed by atoms with E-state index in [1.807, 2.05) is 0 Å². The zero-order valence-electron chi connectivity index (χ0n) is 9.31. The molecule has 18 heavy (non-hydrogen) atoms. The van der Waals surface area contributed by atoms with Crippen molar-refractivity contribution in [3.63, 3.8) is 0 Å². The Bertz CT molecular complexity index is 568. The predicted molar refractivity (Wildman–Crippen MR) is 67.4 cm³/mol. The molecule has 0 saturated heterocycles. The Morgan fingerprint density at radius 3 is 2.50 bits per heavy atom. The highest BCUT2D eigenvalue weighted by Gasteiger charge is 2.24. The molecule has 0 heterocycles. The highest BCUT2D eigenvalue weighted by Crippen LogP contribution is 2.31. The molecule has 1 rings (SSSR count). The first-order valence-electron chi connectivity index (χ1n) is 4.74. The first kappa shape index (κ1) is 15.2. The van der Waals surface area contributed by atoms with E-state index in [0.717, 1.165) is 0 Å². The van der Waals surface area contributed by atoms with Crippen LogP contribution in [0.1, 0.15) is 10.4 Å². The van der Waals surface area contributed by atoms with Gasteiger partial charge < -0.3 is 9.84 Å². The van der Waals surface area contributed by atoms with Gasteiger partial charge in [0.25, 0.3) is 0 Å². The molecule has 0 saturated carbocycles. The number of aromatic carboxylic acids is 1. The lowest BCUT2D eigenvalue weighted by Crippen LogP contribution is -2.13. The van der Waals surface area contributed by atoms with Crippen LogP contribution in [0.25, 0.3) is 0 Å². The van der Waals surface area contributed by atoms with Crippen LogP contribution in [0.15, 0.2) is 17.0 Å². The Morgan fingerprint density at radius 2 is 2.00 bits per heavy atom. The van der Waals surface area contributed by atoms with E-state index in [-0.39, 0.29) is 27.3 Å². The van der Waals surface area contributed by atoms with Gasteiger partial charge in [0.15, 0.2) is 9.84 Å². The summed E-state index contributed by atoms with van der Waals surface area (Å²) >= 11 is 11.5. The van der Waals surface area contributed by atoms with E-state index < -0.39 is 21.4 Å². The molecule has 8 heteroatoms. The summed E-state index contributed by atoms with van der Waals surface area (Å²) in [5, 5.41) is 8.43. The van der Waals surface area contributed by atoms with E-state index in [9.17, 15) is 13.2 Å². The molecule has 0 unspecified atom stereocenters. The molecule has 0 aliphatic rings. The third kappa shape index (κ3) is 3.14. The lowest BCUT2D eigenvalue weighted by Gasteiger charge is -2.09. The number of hydrogen-bond donors (Lipinski definition) is 1.